The van der Waals surface area contributed by atoms with Crippen LogP contribution in [-0.2, 0) is 10.0 Å². The van der Waals surface area contributed by atoms with Gasteiger partial charge in [-0.15, -0.1) is 0 Å². The van der Waals surface area contributed by atoms with E-state index in [1.54, 1.807) is 13.0 Å². The fourth-order valence-electron chi connectivity index (χ4n) is 2.29. The van der Waals surface area contributed by atoms with E-state index in [0.717, 1.165) is 5.56 Å². The van der Waals surface area contributed by atoms with Crippen molar-refractivity contribution < 1.29 is 8.42 Å². The van der Waals surface area contributed by atoms with Crippen LogP contribution in [0.4, 0.5) is 5.69 Å². The molecule has 1 aliphatic carbocycles. The molecule has 0 unspecified atom stereocenters. The van der Waals surface area contributed by atoms with E-state index in [1.165, 1.54) is 12.8 Å². The smallest absolute Gasteiger partial charge is 0.242 e. The van der Waals surface area contributed by atoms with Crippen molar-refractivity contribution in [3.63, 3.8) is 0 Å². The van der Waals surface area contributed by atoms with Crippen molar-refractivity contribution in [3.05, 3.63) is 23.3 Å². The van der Waals surface area contributed by atoms with Crippen LogP contribution in [0.25, 0.3) is 0 Å². The lowest BCUT2D eigenvalue weighted by Crippen LogP contribution is -2.34. The fourth-order valence-corrected chi connectivity index (χ4v) is 3.74. The van der Waals surface area contributed by atoms with Gasteiger partial charge in [0.25, 0.3) is 0 Å². The highest BCUT2D eigenvalue weighted by atomic mass is 32.2. The van der Waals surface area contributed by atoms with E-state index in [-0.39, 0.29) is 4.90 Å². The van der Waals surface area contributed by atoms with Gasteiger partial charge >= 0.3 is 0 Å². The summed E-state index contributed by atoms with van der Waals surface area (Å²) in [5.41, 5.74) is 7.73. The van der Waals surface area contributed by atoms with E-state index in [1.807, 2.05) is 20.0 Å². The molecule has 1 saturated carbocycles. The summed E-state index contributed by atoms with van der Waals surface area (Å²) in [5, 5.41) is 0. The maximum absolute atomic E-state index is 12.4. The Kier molecular flexibility index (Phi) is 4.36. The van der Waals surface area contributed by atoms with Crippen LogP contribution >= 0.6 is 0 Å². The van der Waals surface area contributed by atoms with Crippen molar-refractivity contribution in [1.82, 2.24) is 9.62 Å². The molecule has 1 aromatic rings. The van der Waals surface area contributed by atoms with Crippen LogP contribution in [0.5, 0.6) is 0 Å². The van der Waals surface area contributed by atoms with Crippen molar-refractivity contribution in [2.75, 3.05) is 25.9 Å². The average Bonchev–Trinajstić information content (AvgIpc) is 3.18. The van der Waals surface area contributed by atoms with Gasteiger partial charge in [0.15, 0.2) is 0 Å². The van der Waals surface area contributed by atoms with Gasteiger partial charge < -0.3 is 10.6 Å². The number of nitrogens with one attached hydrogen (secondary N) is 1. The van der Waals surface area contributed by atoms with Gasteiger partial charge in [0, 0.05) is 19.1 Å². The molecule has 0 radical (unpaired) electrons. The van der Waals surface area contributed by atoms with Crippen LogP contribution in [0.3, 0.4) is 0 Å². The molecule has 0 aliphatic heterocycles. The highest BCUT2D eigenvalue weighted by molar-refractivity contribution is 7.89. The third-order valence-corrected chi connectivity index (χ3v) is 5.47. The fraction of sp³-hybridized carbons (Fsp3) is 0.571. The number of anilines is 1. The number of nitrogens with zero attached hydrogens (tertiary/aromatic N) is 1. The van der Waals surface area contributed by atoms with E-state index in [4.69, 9.17) is 5.73 Å². The number of sulfonamides is 1. The molecule has 5 nitrogen and oxygen atoms in total. The lowest BCUT2D eigenvalue weighted by Gasteiger charge is -2.17. The Bertz CT molecular complexity index is 595. The van der Waals surface area contributed by atoms with Gasteiger partial charge in [-0.2, -0.15) is 0 Å². The van der Waals surface area contributed by atoms with E-state index >= 15 is 0 Å². The summed E-state index contributed by atoms with van der Waals surface area (Å²) >= 11 is 0. The Morgan fingerprint density at radius 1 is 1.30 bits per heavy atom. The minimum Gasteiger partial charge on any atom is -0.397 e. The number of likely N-dealkylation sites (N-methyl/N-ethyl adjacent to an activating group) is 1. The van der Waals surface area contributed by atoms with Crippen molar-refractivity contribution in [2.24, 2.45) is 0 Å². The largest absolute Gasteiger partial charge is 0.397 e. The van der Waals surface area contributed by atoms with Gasteiger partial charge in [-0.05, 0) is 44.9 Å². The Labute approximate surface area is 121 Å². The number of hydrogen-bond donors (Lipinski definition) is 2. The highest BCUT2D eigenvalue weighted by Gasteiger charge is 2.26. The molecule has 0 heterocycles. The normalized spacial score (nSPS) is 15.8. The number of nitrogens with two attached hydrogens (primary N) is 1. The predicted octanol–water partition coefficient (Wildman–Crippen LogP) is 1.26. The molecule has 112 valence electrons. The van der Waals surface area contributed by atoms with Crippen molar-refractivity contribution in [2.45, 2.75) is 37.6 Å². The number of benzene rings is 1. The number of nitrogen functional groups attached to an aromatic ring is 1. The first kappa shape index (κ1) is 15.3. The Balaban J connectivity index is 2.08. The summed E-state index contributed by atoms with van der Waals surface area (Å²) in [6.45, 7) is 4.70. The first-order chi connectivity index (χ1) is 9.33. The average molecular weight is 297 g/mol. The van der Waals surface area contributed by atoms with Crippen LogP contribution in [0.15, 0.2) is 17.0 Å². The molecule has 0 saturated heterocycles. The Morgan fingerprint density at radius 3 is 2.50 bits per heavy atom. The minimum absolute atomic E-state index is 0.214. The highest BCUT2D eigenvalue weighted by Crippen LogP contribution is 2.26. The number of rotatable bonds is 6. The number of aryl methyl sites for hydroxylation is 2. The number of hydrogen-bond acceptors (Lipinski definition) is 4. The van der Waals surface area contributed by atoms with Crippen molar-refractivity contribution >= 4 is 15.7 Å². The molecule has 1 fully saturated rings. The van der Waals surface area contributed by atoms with E-state index in [2.05, 4.69) is 9.62 Å². The lowest BCUT2D eigenvalue weighted by molar-refractivity contribution is 0.329. The van der Waals surface area contributed by atoms with Crippen molar-refractivity contribution in [1.29, 1.82) is 0 Å². The zero-order valence-electron chi connectivity index (χ0n) is 12.3. The Hall–Kier alpha value is -1.11. The SMILES string of the molecule is Cc1ccc(C)c(S(=O)(=O)NCCN(C)C2CC2)c1N. The van der Waals surface area contributed by atoms with Crippen LogP contribution in [0, 0.1) is 13.8 Å². The first-order valence-electron chi connectivity index (χ1n) is 6.88. The second kappa shape index (κ2) is 5.71. The van der Waals surface area contributed by atoms with Crippen LogP contribution < -0.4 is 10.5 Å². The van der Waals surface area contributed by atoms with Crippen LogP contribution in [0.2, 0.25) is 0 Å². The summed E-state index contributed by atoms with van der Waals surface area (Å²) < 4.78 is 27.4. The molecular formula is C14H23N3O2S. The maximum Gasteiger partial charge on any atom is 0.242 e. The third kappa shape index (κ3) is 3.31. The van der Waals surface area contributed by atoms with Crippen LogP contribution in [-0.4, -0.2) is 39.5 Å². The van der Waals surface area contributed by atoms with E-state index in [0.29, 0.717) is 30.4 Å². The topological polar surface area (TPSA) is 75.4 Å². The predicted molar refractivity (Wildman–Crippen MR) is 81.2 cm³/mol. The zero-order chi connectivity index (χ0) is 14.9. The van der Waals surface area contributed by atoms with Crippen molar-refractivity contribution in [3.8, 4) is 0 Å². The summed E-state index contributed by atoms with van der Waals surface area (Å²) in [6.07, 6.45) is 2.43. The molecular weight excluding hydrogens is 274 g/mol. The molecule has 1 aliphatic rings. The second-order valence-corrected chi connectivity index (χ2v) is 7.26. The molecule has 6 heteroatoms. The monoisotopic (exact) mass is 297 g/mol. The first-order valence-corrected chi connectivity index (χ1v) is 8.37. The molecule has 2 rings (SSSR count). The van der Waals surface area contributed by atoms with E-state index < -0.39 is 10.0 Å². The second-order valence-electron chi connectivity index (χ2n) is 5.55. The van der Waals surface area contributed by atoms with Gasteiger partial charge in [-0.25, -0.2) is 13.1 Å². The molecule has 0 amide bonds. The lowest BCUT2D eigenvalue weighted by atomic mass is 10.1. The third-order valence-electron chi connectivity index (χ3n) is 3.81. The zero-order valence-corrected chi connectivity index (χ0v) is 13.1. The standard InChI is InChI=1S/C14H23N3O2S/c1-10-4-5-11(2)14(13(10)15)20(18,19)16-8-9-17(3)12-6-7-12/h4-5,12,16H,6-9,15H2,1-3H3. The molecule has 3 N–H and O–H groups in total. The van der Waals surface area contributed by atoms with E-state index in [9.17, 15) is 8.42 Å². The minimum atomic E-state index is -3.55. The maximum atomic E-state index is 12.4. The summed E-state index contributed by atoms with van der Waals surface area (Å²) in [7, 11) is -1.52. The van der Waals surface area contributed by atoms with Gasteiger partial charge in [0.1, 0.15) is 4.90 Å². The molecule has 0 bridgehead atoms. The summed E-state index contributed by atoms with van der Waals surface area (Å²) in [5.74, 6) is 0. The summed E-state index contributed by atoms with van der Waals surface area (Å²) in [6, 6.07) is 4.26. The Morgan fingerprint density at radius 2 is 1.90 bits per heavy atom. The summed E-state index contributed by atoms with van der Waals surface area (Å²) in [4.78, 5) is 2.40. The van der Waals surface area contributed by atoms with Gasteiger partial charge in [0.2, 0.25) is 10.0 Å². The van der Waals surface area contributed by atoms with Gasteiger partial charge in [-0.1, -0.05) is 12.1 Å². The molecule has 1 aromatic carbocycles. The molecule has 20 heavy (non-hydrogen) atoms. The molecule has 0 aromatic heterocycles. The van der Waals surface area contributed by atoms with Crippen LogP contribution in [0.1, 0.15) is 24.0 Å². The quantitative estimate of drug-likeness (QED) is 0.775. The molecule has 0 atom stereocenters. The van der Waals surface area contributed by atoms with Gasteiger partial charge in [0.05, 0.1) is 5.69 Å². The van der Waals surface area contributed by atoms with Gasteiger partial charge in [-0.3, -0.25) is 0 Å². The molecule has 0 spiro atoms.